The van der Waals surface area contributed by atoms with Gasteiger partial charge in [0.05, 0.1) is 38.2 Å². The maximum Gasteiger partial charge on any atom is 0.264 e. The van der Waals surface area contributed by atoms with Crippen LogP contribution < -0.4 is 0 Å². The van der Waals surface area contributed by atoms with Crippen LogP contribution in [-0.4, -0.2) is 154 Å². The lowest BCUT2D eigenvalue weighted by Gasteiger charge is -2.44. The molecule has 0 unspecified atom stereocenters. The van der Waals surface area contributed by atoms with Gasteiger partial charge in [-0.1, -0.05) is 0 Å². The average Bonchev–Trinajstić information content (AvgIpc) is 2.98. The van der Waals surface area contributed by atoms with Crippen molar-refractivity contribution in [1.82, 2.24) is 0 Å². The molecule has 0 radical (unpaired) electrons. The van der Waals surface area contributed by atoms with E-state index in [9.17, 15) is 54.1 Å². The molecule has 0 bridgehead atoms. The third-order valence-electron chi connectivity index (χ3n) is 5.12. The van der Waals surface area contributed by atoms with E-state index in [2.05, 4.69) is 12.5 Å². The van der Waals surface area contributed by atoms with E-state index in [0.717, 1.165) is 0 Å². The Balaban J connectivity index is 2.49. The van der Waals surface area contributed by atoms with Gasteiger partial charge in [-0.15, -0.1) is 0 Å². The maximum atomic E-state index is 11.8. The standard InChI is InChI=1S/C16H30O19S4/c1-36(21,22)29-5-8-10(17)12(19)13(35-39(4,27)28)15(32-8)34-16(7-31-38(3,25)26)14(20)11(18)9(33-16)6-30-37(2,23)24/h8-15,17-20H,5-7H2,1-4H3/t8-,9+,10-,11+,12+,13-,14-,15+,16-/m0/s1. The average molecular weight is 655 g/mol. The quantitative estimate of drug-likeness (QED) is 0.135. The summed E-state index contributed by atoms with van der Waals surface area (Å²) in [5, 5.41) is 42.1. The smallest absolute Gasteiger partial charge is 0.264 e. The van der Waals surface area contributed by atoms with Crippen molar-refractivity contribution < 1.29 is 85.0 Å². The number of hydrogen-bond acceptors (Lipinski definition) is 19. The second-order valence-corrected chi connectivity index (χ2v) is 15.3. The van der Waals surface area contributed by atoms with E-state index in [1.165, 1.54) is 0 Å². The van der Waals surface area contributed by atoms with Gasteiger partial charge in [0.2, 0.25) is 5.79 Å². The highest BCUT2D eigenvalue weighted by Crippen LogP contribution is 2.38. The van der Waals surface area contributed by atoms with E-state index in [-0.39, 0.29) is 0 Å². The molecule has 39 heavy (non-hydrogen) atoms. The van der Waals surface area contributed by atoms with Crippen LogP contribution in [0, 0.1) is 0 Å². The van der Waals surface area contributed by atoms with Gasteiger partial charge in [-0.2, -0.15) is 33.7 Å². The van der Waals surface area contributed by atoms with Crippen molar-refractivity contribution in [3.63, 3.8) is 0 Å². The first-order chi connectivity index (χ1) is 17.4. The Morgan fingerprint density at radius 2 is 1.15 bits per heavy atom. The number of aliphatic hydroxyl groups excluding tert-OH is 4. The number of ether oxygens (including phenoxy) is 3. The fraction of sp³-hybridized carbons (Fsp3) is 1.00. The van der Waals surface area contributed by atoms with E-state index in [4.69, 9.17) is 18.4 Å². The molecule has 2 rings (SSSR count). The van der Waals surface area contributed by atoms with Crippen LogP contribution in [0.15, 0.2) is 0 Å². The van der Waals surface area contributed by atoms with Crippen LogP contribution in [0.2, 0.25) is 0 Å². The van der Waals surface area contributed by atoms with Gasteiger partial charge in [0.25, 0.3) is 40.5 Å². The Morgan fingerprint density at radius 3 is 1.62 bits per heavy atom. The Bertz CT molecular complexity index is 1280. The zero-order valence-electron chi connectivity index (χ0n) is 20.8. The Labute approximate surface area is 225 Å². The van der Waals surface area contributed by atoms with Gasteiger partial charge in [0.15, 0.2) is 12.4 Å². The molecule has 2 fully saturated rings. The van der Waals surface area contributed by atoms with Crippen LogP contribution in [0.1, 0.15) is 0 Å². The summed E-state index contributed by atoms with van der Waals surface area (Å²) >= 11 is 0. The van der Waals surface area contributed by atoms with Crippen LogP contribution >= 0.6 is 0 Å². The van der Waals surface area contributed by atoms with Crippen molar-refractivity contribution in [2.45, 2.75) is 54.8 Å². The third-order valence-corrected chi connectivity index (χ3v) is 7.37. The fourth-order valence-corrected chi connectivity index (χ4v) is 5.20. The molecular formula is C16H30O19S4. The van der Waals surface area contributed by atoms with E-state index in [1.54, 1.807) is 0 Å². The molecule has 0 spiro atoms. The second kappa shape index (κ2) is 12.3. The zero-order chi connectivity index (χ0) is 30.2. The molecule has 232 valence electrons. The van der Waals surface area contributed by atoms with Crippen molar-refractivity contribution in [2.75, 3.05) is 44.8 Å². The van der Waals surface area contributed by atoms with Gasteiger partial charge in [0, 0.05) is 0 Å². The minimum Gasteiger partial charge on any atom is -0.387 e. The Kier molecular flexibility index (Phi) is 10.9. The molecule has 0 aromatic rings. The maximum absolute atomic E-state index is 11.8. The molecule has 0 saturated carbocycles. The van der Waals surface area contributed by atoms with Crippen molar-refractivity contribution in [3.05, 3.63) is 0 Å². The largest absolute Gasteiger partial charge is 0.387 e. The van der Waals surface area contributed by atoms with Crippen molar-refractivity contribution in [3.8, 4) is 0 Å². The molecule has 0 aromatic heterocycles. The molecule has 2 saturated heterocycles. The van der Waals surface area contributed by atoms with Gasteiger partial charge in [-0.3, -0.25) is 16.7 Å². The molecule has 2 aliphatic heterocycles. The lowest BCUT2D eigenvalue weighted by Crippen LogP contribution is -2.64. The lowest BCUT2D eigenvalue weighted by atomic mass is 9.99. The summed E-state index contributed by atoms with van der Waals surface area (Å²) in [7, 11) is -17.0. The monoisotopic (exact) mass is 654 g/mol. The lowest BCUT2D eigenvalue weighted by molar-refractivity contribution is -0.378. The van der Waals surface area contributed by atoms with Crippen LogP contribution in [0.5, 0.6) is 0 Å². The van der Waals surface area contributed by atoms with Crippen molar-refractivity contribution >= 4 is 40.5 Å². The van der Waals surface area contributed by atoms with Crippen molar-refractivity contribution in [2.24, 2.45) is 0 Å². The summed E-state index contributed by atoms with van der Waals surface area (Å²) < 4.78 is 127. The fourth-order valence-electron chi connectivity index (χ4n) is 3.45. The molecule has 2 heterocycles. The Hall–Kier alpha value is -0.640. The topological polar surface area (TPSA) is 282 Å². The van der Waals surface area contributed by atoms with E-state index >= 15 is 0 Å². The molecule has 2 aliphatic rings. The Morgan fingerprint density at radius 1 is 0.667 bits per heavy atom. The first-order valence-corrected chi connectivity index (χ1v) is 17.8. The summed E-state index contributed by atoms with van der Waals surface area (Å²) in [5.74, 6) is -2.79. The molecule has 0 amide bonds. The zero-order valence-corrected chi connectivity index (χ0v) is 24.1. The predicted octanol–water partition coefficient (Wildman–Crippen LogP) is -5.46. The molecule has 0 aliphatic carbocycles. The first kappa shape index (κ1) is 34.6. The van der Waals surface area contributed by atoms with Crippen molar-refractivity contribution in [1.29, 1.82) is 0 Å². The second-order valence-electron chi connectivity index (χ2n) is 8.75. The van der Waals surface area contributed by atoms with Gasteiger partial charge >= 0.3 is 0 Å². The summed E-state index contributed by atoms with van der Waals surface area (Å²) in [6.07, 6.45) is -13.9. The highest BCUT2D eigenvalue weighted by atomic mass is 32.2. The SMILES string of the molecule is CS(=O)(=O)OC[C@@H]1O[C@H](O[C@]2(COS(C)(=O)=O)O[C@H](COS(C)(=O)=O)[C@@H](O)[C@@H]2O)[C@@H](OS(C)(=O)=O)[C@H](O)[C@H]1O. The van der Waals surface area contributed by atoms with Crippen LogP contribution in [0.25, 0.3) is 0 Å². The molecule has 23 heteroatoms. The molecular weight excluding hydrogens is 624 g/mol. The van der Waals surface area contributed by atoms with E-state index in [0.29, 0.717) is 25.0 Å². The minimum atomic E-state index is -4.44. The summed E-state index contributed by atoms with van der Waals surface area (Å²) in [5.41, 5.74) is 0. The van der Waals surface area contributed by atoms with Gasteiger partial charge in [0.1, 0.15) is 43.2 Å². The third kappa shape index (κ3) is 10.3. The van der Waals surface area contributed by atoms with Gasteiger partial charge < -0.3 is 34.6 Å². The van der Waals surface area contributed by atoms with Gasteiger partial charge in [-0.05, 0) is 0 Å². The van der Waals surface area contributed by atoms with Gasteiger partial charge in [-0.25, -0.2) is 0 Å². The summed E-state index contributed by atoms with van der Waals surface area (Å²) in [6, 6.07) is 0. The minimum absolute atomic E-state index is 0.549. The van der Waals surface area contributed by atoms with Crippen LogP contribution in [-0.2, 0) is 71.4 Å². The molecule has 4 N–H and O–H groups in total. The number of aliphatic hydroxyl groups is 4. The molecule has 0 aromatic carbocycles. The van der Waals surface area contributed by atoms with E-state index < -0.39 is 115 Å². The highest BCUT2D eigenvalue weighted by molar-refractivity contribution is 7.86. The summed E-state index contributed by atoms with van der Waals surface area (Å²) in [4.78, 5) is 0. The predicted molar refractivity (Wildman–Crippen MR) is 123 cm³/mol. The number of rotatable bonds is 13. The van der Waals surface area contributed by atoms with Crippen LogP contribution in [0.4, 0.5) is 0 Å². The molecule has 19 nitrogen and oxygen atoms in total. The van der Waals surface area contributed by atoms with E-state index in [1.807, 2.05) is 0 Å². The normalized spacial score (nSPS) is 36.7. The summed E-state index contributed by atoms with van der Waals surface area (Å²) in [6.45, 7) is -3.11. The molecule has 9 atom stereocenters. The van der Waals surface area contributed by atoms with Crippen LogP contribution in [0.3, 0.4) is 0 Å². The highest BCUT2D eigenvalue weighted by Gasteiger charge is 2.60. The first-order valence-electron chi connectivity index (χ1n) is 10.6. The number of hydrogen-bond donors (Lipinski definition) is 4.